The number of aromatic nitrogens is 2. The summed E-state index contributed by atoms with van der Waals surface area (Å²) in [6.07, 6.45) is 1.65. The molecule has 0 aliphatic carbocycles. The number of nitrogens with zero attached hydrogens (tertiary/aromatic N) is 2. The summed E-state index contributed by atoms with van der Waals surface area (Å²) in [5.74, 6) is -0.551. The summed E-state index contributed by atoms with van der Waals surface area (Å²) in [5.41, 5.74) is 13.6. The van der Waals surface area contributed by atoms with Crippen molar-refractivity contribution < 1.29 is 4.79 Å². The molecule has 1 aromatic carbocycles. The van der Waals surface area contributed by atoms with E-state index in [-0.39, 0.29) is 5.69 Å². The van der Waals surface area contributed by atoms with Crippen LogP contribution in [-0.2, 0) is 0 Å². The third-order valence-electron chi connectivity index (χ3n) is 2.27. The Hall–Kier alpha value is -2.30. The van der Waals surface area contributed by atoms with Crippen LogP contribution in [0.2, 0.25) is 0 Å². The second-order valence-electron chi connectivity index (χ2n) is 3.57. The van der Waals surface area contributed by atoms with Gasteiger partial charge in [0.15, 0.2) is 0 Å². The van der Waals surface area contributed by atoms with Crippen molar-refractivity contribution in [3.05, 3.63) is 41.7 Å². The molecule has 1 heterocycles. The Balaban J connectivity index is 2.46. The van der Waals surface area contributed by atoms with Crippen molar-refractivity contribution >= 4 is 11.6 Å². The van der Waals surface area contributed by atoms with Crippen LogP contribution in [0.5, 0.6) is 0 Å². The number of anilines is 1. The highest BCUT2D eigenvalue weighted by Crippen LogP contribution is 2.17. The number of nitrogen functional groups attached to an aromatic ring is 1. The molecule has 82 valence electrons. The molecule has 0 radical (unpaired) electrons. The van der Waals surface area contributed by atoms with E-state index in [4.69, 9.17) is 11.5 Å². The summed E-state index contributed by atoms with van der Waals surface area (Å²) in [7, 11) is 0. The number of hydrogen-bond acceptors (Lipinski definition) is 3. The minimum atomic E-state index is -0.551. The van der Waals surface area contributed by atoms with Gasteiger partial charge in [0, 0.05) is 6.20 Å². The Labute approximate surface area is 92.7 Å². The second kappa shape index (κ2) is 3.69. The maximum Gasteiger partial charge on any atom is 0.269 e. The zero-order chi connectivity index (χ0) is 11.7. The van der Waals surface area contributed by atoms with Crippen LogP contribution in [0.25, 0.3) is 5.69 Å². The highest BCUT2D eigenvalue weighted by atomic mass is 16.1. The molecule has 2 rings (SSSR count). The number of primary amides is 1. The molecule has 0 saturated heterocycles. The first-order valence-electron chi connectivity index (χ1n) is 4.80. The minimum absolute atomic E-state index is 0.222. The molecule has 0 fully saturated rings. The van der Waals surface area contributed by atoms with Gasteiger partial charge in [-0.25, -0.2) is 4.68 Å². The van der Waals surface area contributed by atoms with Crippen molar-refractivity contribution in [3.63, 3.8) is 0 Å². The van der Waals surface area contributed by atoms with Crippen LogP contribution in [0.15, 0.2) is 30.5 Å². The molecule has 0 saturated carbocycles. The normalized spacial score (nSPS) is 10.3. The smallest absolute Gasteiger partial charge is 0.269 e. The van der Waals surface area contributed by atoms with E-state index >= 15 is 0 Å². The lowest BCUT2D eigenvalue weighted by Gasteiger charge is -2.05. The number of aryl methyl sites for hydroxylation is 1. The Morgan fingerprint density at radius 2 is 2.12 bits per heavy atom. The Morgan fingerprint density at radius 1 is 1.38 bits per heavy atom. The number of carbonyl (C=O) groups excluding carboxylic acids is 1. The van der Waals surface area contributed by atoms with Crippen molar-refractivity contribution in [2.75, 3.05) is 5.73 Å². The van der Waals surface area contributed by atoms with Crippen molar-refractivity contribution in [2.45, 2.75) is 6.92 Å². The highest BCUT2D eigenvalue weighted by Gasteiger charge is 2.07. The van der Waals surface area contributed by atoms with E-state index in [9.17, 15) is 4.79 Å². The Morgan fingerprint density at radius 3 is 2.69 bits per heavy atom. The van der Waals surface area contributed by atoms with E-state index in [0.29, 0.717) is 5.69 Å². The zero-order valence-corrected chi connectivity index (χ0v) is 8.84. The molecule has 0 unspecified atom stereocenters. The van der Waals surface area contributed by atoms with Gasteiger partial charge in [0.1, 0.15) is 5.69 Å². The van der Waals surface area contributed by atoms with Crippen molar-refractivity contribution in [2.24, 2.45) is 5.73 Å². The second-order valence-corrected chi connectivity index (χ2v) is 3.57. The largest absolute Gasteiger partial charge is 0.397 e. The van der Waals surface area contributed by atoms with Gasteiger partial charge in [-0.3, -0.25) is 4.79 Å². The van der Waals surface area contributed by atoms with Crippen molar-refractivity contribution in [1.29, 1.82) is 0 Å². The van der Waals surface area contributed by atoms with Gasteiger partial charge in [-0.1, -0.05) is 6.07 Å². The lowest BCUT2D eigenvalue weighted by molar-refractivity contribution is 0.0995. The lowest BCUT2D eigenvalue weighted by atomic mass is 10.2. The Bertz CT molecular complexity index is 545. The first-order chi connectivity index (χ1) is 7.58. The maximum atomic E-state index is 10.9. The number of nitrogens with two attached hydrogens (primary N) is 2. The summed E-state index contributed by atoms with van der Waals surface area (Å²) in [6.45, 7) is 1.96. The molecule has 4 N–H and O–H groups in total. The molecule has 1 amide bonds. The molecular formula is C11H12N4O. The molecule has 0 bridgehead atoms. The van der Waals surface area contributed by atoms with Gasteiger partial charge in [-0.2, -0.15) is 5.10 Å². The molecule has 5 heteroatoms. The fourth-order valence-corrected chi connectivity index (χ4v) is 1.47. The number of carbonyl (C=O) groups is 1. The summed E-state index contributed by atoms with van der Waals surface area (Å²) in [5, 5.41) is 4.03. The molecule has 2 aromatic rings. The average Bonchev–Trinajstić information content (AvgIpc) is 2.66. The molecule has 5 nitrogen and oxygen atoms in total. The van der Waals surface area contributed by atoms with Gasteiger partial charge < -0.3 is 11.5 Å². The van der Waals surface area contributed by atoms with Gasteiger partial charge in [-0.15, -0.1) is 0 Å². The van der Waals surface area contributed by atoms with Gasteiger partial charge in [0.2, 0.25) is 0 Å². The maximum absolute atomic E-state index is 10.9. The van der Waals surface area contributed by atoms with Crippen LogP contribution in [0, 0.1) is 6.92 Å². The van der Waals surface area contributed by atoms with Crippen LogP contribution >= 0.6 is 0 Å². The van der Waals surface area contributed by atoms with E-state index in [2.05, 4.69) is 5.10 Å². The van der Waals surface area contributed by atoms with E-state index < -0.39 is 5.91 Å². The van der Waals surface area contributed by atoms with E-state index in [1.165, 1.54) is 4.68 Å². The molecule has 0 aliphatic rings. The predicted octanol–water partition coefficient (Wildman–Crippen LogP) is 0.862. The van der Waals surface area contributed by atoms with Crippen LogP contribution in [0.4, 0.5) is 5.69 Å². The Kier molecular flexibility index (Phi) is 2.36. The molecule has 0 atom stereocenters. The third kappa shape index (κ3) is 1.75. The third-order valence-corrected chi connectivity index (χ3v) is 2.27. The standard InChI is InChI=1S/C11H12N4O/c1-7-2-3-10(8(12)6-7)15-5-4-9(14-15)11(13)16/h2-6H,12H2,1H3,(H2,13,16). The summed E-state index contributed by atoms with van der Waals surface area (Å²) in [4.78, 5) is 10.9. The van der Waals surface area contributed by atoms with E-state index in [0.717, 1.165) is 11.3 Å². The SMILES string of the molecule is Cc1ccc(-n2ccc(C(N)=O)n2)c(N)c1. The zero-order valence-electron chi connectivity index (χ0n) is 8.84. The summed E-state index contributed by atoms with van der Waals surface area (Å²) >= 11 is 0. The van der Waals surface area contributed by atoms with Crippen LogP contribution < -0.4 is 11.5 Å². The van der Waals surface area contributed by atoms with Crippen molar-refractivity contribution in [3.8, 4) is 5.69 Å². The average molecular weight is 216 g/mol. The van der Waals surface area contributed by atoms with Gasteiger partial charge in [0.05, 0.1) is 11.4 Å². The first-order valence-corrected chi connectivity index (χ1v) is 4.80. The highest BCUT2D eigenvalue weighted by molar-refractivity contribution is 5.90. The van der Waals surface area contributed by atoms with Crippen LogP contribution in [-0.4, -0.2) is 15.7 Å². The quantitative estimate of drug-likeness (QED) is 0.730. The molecular weight excluding hydrogens is 204 g/mol. The topological polar surface area (TPSA) is 86.9 Å². The first kappa shape index (κ1) is 10.2. The van der Waals surface area contributed by atoms with Crippen LogP contribution in [0.1, 0.15) is 16.1 Å². The number of benzene rings is 1. The fraction of sp³-hybridized carbons (Fsp3) is 0.0909. The van der Waals surface area contributed by atoms with E-state index in [1.54, 1.807) is 12.3 Å². The lowest BCUT2D eigenvalue weighted by Crippen LogP contribution is -2.12. The van der Waals surface area contributed by atoms with Crippen molar-refractivity contribution in [1.82, 2.24) is 9.78 Å². The number of amides is 1. The summed E-state index contributed by atoms with van der Waals surface area (Å²) in [6, 6.07) is 7.18. The van der Waals surface area contributed by atoms with Gasteiger partial charge in [-0.05, 0) is 30.7 Å². The molecule has 0 spiro atoms. The number of hydrogen-bond donors (Lipinski definition) is 2. The van der Waals surface area contributed by atoms with E-state index in [1.807, 2.05) is 25.1 Å². The van der Waals surface area contributed by atoms with Gasteiger partial charge >= 0.3 is 0 Å². The summed E-state index contributed by atoms with van der Waals surface area (Å²) < 4.78 is 1.54. The van der Waals surface area contributed by atoms with Crippen LogP contribution in [0.3, 0.4) is 0 Å². The molecule has 1 aromatic heterocycles. The minimum Gasteiger partial charge on any atom is -0.397 e. The van der Waals surface area contributed by atoms with Gasteiger partial charge in [0.25, 0.3) is 5.91 Å². The number of rotatable bonds is 2. The monoisotopic (exact) mass is 216 g/mol. The fourth-order valence-electron chi connectivity index (χ4n) is 1.47. The molecule has 0 aliphatic heterocycles. The predicted molar refractivity (Wildman–Crippen MR) is 61.2 cm³/mol. The molecule has 16 heavy (non-hydrogen) atoms.